The van der Waals surface area contributed by atoms with Crippen LogP contribution in [0.5, 0.6) is 11.5 Å². The van der Waals surface area contributed by atoms with Gasteiger partial charge in [-0.05, 0) is 35.9 Å². The largest absolute Gasteiger partial charge is 0.493 e. The second-order valence-corrected chi connectivity index (χ2v) is 5.83. The van der Waals surface area contributed by atoms with Gasteiger partial charge < -0.3 is 25.2 Å². The fourth-order valence-corrected chi connectivity index (χ4v) is 2.39. The first kappa shape index (κ1) is 20.5. The Morgan fingerprint density at radius 2 is 1.81 bits per heavy atom. The number of methoxy groups -OCH3 is 2. The first-order chi connectivity index (χ1) is 12.8. The molecular weight excluding hydrogens is 379 g/mol. The number of nitrogens with one attached hydrogen (secondary N) is 2. The van der Waals surface area contributed by atoms with E-state index in [0.29, 0.717) is 17.1 Å². The van der Waals surface area contributed by atoms with E-state index in [9.17, 15) is 19.1 Å². The molecule has 0 aromatic heterocycles. The summed E-state index contributed by atoms with van der Waals surface area (Å²) in [5, 5.41) is 14.6. The molecule has 0 aliphatic carbocycles. The van der Waals surface area contributed by atoms with Crippen LogP contribution in [-0.4, -0.2) is 37.7 Å². The van der Waals surface area contributed by atoms with E-state index >= 15 is 0 Å². The number of carbonyl (C=O) groups excluding carboxylic acids is 2. The molecule has 0 saturated heterocycles. The standard InChI is InChI=1S/C18H18ClFN2O5/c1-26-15-6-3-10(7-16(15)27-2)14(23)9-21-17(24)18(25)22-11-4-5-13(20)12(19)8-11/h3-8,14,23H,9H2,1-2H3,(H,21,24)(H,22,25). The predicted molar refractivity (Wildman–Crippen MR) is 97.6 cm³/mol. The van der Waals surface area contributed by atoms with Crippen molar-refractivity contribution in [2.45, 2.75) is 6.10 Å². The lowest BCUT2D eigenvalue weighted by Gasteiger charge is -2.15. The third-order valence-electron chi connectivity index (χ3n) is 3.63. The smallest absolute Gasteiger partial charge is 0.313 e. The van der Waals surface area contributed by atoms with Crippen LogP contribution in [0.4, 0.5) is 10.1 Å². The quantitative estimate of drug-likeness (QED) is 0.651. The zero-order chi connectivity index (χ0) is 20.0. The number of benzene rings is 2. The third kappa shape index (κ3) is 5.32. The molecule has 0 aliphatic heterocycles. The summed E-state index contributed by atoms with van der Waals surface area (Å²) in [5.41, 5.74) is 0.640. The SMILES string of the molecule is COc1ccc(C(O)CNC(=O)C(=O)Nc2ccc(F)c(Cl)c2)cc1OC. The molecule has 1 atom stereocenters. The summed E-state index contributed by atoms with van der Waals surface area (Å²) in [5.74, 6) is -1.66. The number of aliphatic hydroxyl groups excluding tert-OH is 1. The molecule has 3 N–H and O–H groups in total. The Morgan fingerprint density at radius 1 is 1.11 bits per heavy atom. The van der Waals surface area contributed by atoms with E-state index < -0.39 is 23.7 Å². The van der Waals surface area contributed by atoms with Crippen LogP contribution >= 0.6 is 11.6 Å². The molecule has 0 radical (unpaired) electrons. The minimum Gasteiger partial charge on any atom is -0.493 e. The zero-order valence-corrected chi connectivity index (χ0v) is 15.3. The molecule has 144 valence electrons. The van der Waals surface area contributed by atoms with Crippen LogP contribution in [0.1, 0.15) is 11.7 Å². The van der Waals surface area contributed by atoms with Gasteiger partial charge in [0.15, 0.2) is 11.5 Å². The molecule has 9 heteroatoms. The summed E-state index contributed by atoms with van der Waals surface area (Å²) < 4.78 is 23.4. The van der Waals surface area contributed by atoms with Crippen LogP contribution in [0, 0.1) is 5.82 Å². The van der Waals surface area contributed by atoms with Gasteiger partial charge >= 0.3 is 11.8 Å². The lowest BCUT2D eigenvalue weighted by molar-refractivity contribution is -0.136. The van der Waals surface area contributed by atoms with E-state index in [1.807, 2.05) is 0 Å². The van der Waals surface area contributed by atoms with Gasteiger partial charge in [-0.2, -0.15) is 0 Å². The summed E-state index contributed by atoms with van der Waals surface area (Å²) in [6.45, 7) is -0.202. The zero-order valence-electron chi connectivity index (χ0n) is 14.6. The molecule has 0 heterocycles. The number of anilines is 1. The number of carbonyl (C=O) groups is 2. The van der Waals surface area contributed by atoms with Gasteiger partial charge in [0.05, 0.1) is 25.3 Å². The number of rotatable bonds is 6. The van der Waals surface area contributed by atoms with E-state index in [1.54, 1.807) is 18.2 Å². The van der Waals surface area contributed by atoms with Gasteiger partial charge in [-0.1, -0.05) is 17.7 Å². The normalized spacial score (nSPS) is 11.4. The molecule has 2 amide bonds. The van der Waals surface area contributed by atoms with Gasteiger partial charge in [-0.3, -0.25) is 9.59 Å². The fourth-order valence-electron chi connectivity index (χ4n) is 2.21. The van der Waals surface area contributed by atoms with Gasteiger partial charge in [-0.15, -0.1) is 0 Å². The van der Waals surface area contributed by atoms with Crippen molar-refractivity contribution in [3.8, 4) is 11.5 Å². The molecular formula is C18H18ClFN2O5. The number of ether oxygens (including phenoxy) is 2. The van der Waals surface area contributed by atoms with E-state index in [4.69, 9.17) is 21.1 Å². The van der Waals surface area contributed by atoms with Crippen LogP contribution < -0.4 is 20.1 Å². The lowest BCUT2D eigenvalue weighted by atomic mass is 10.1. The van der Waals surface area contributed by atoms with Crippen molar-refractivity contribution in [3.05, 3.63) is 52.8 Å². The Morgan fingerprint density at radius 3 is 2.44 bits per heavy atom. The second-order valence-electron chi connectivity index (χ2n) is 5.42. The van der Waals surface area contributed by atoms with Crippen molar-refractivity contribution in [1.82, 2.24) is 5.32 Å². The summed E-state index contributed by atoms with van der Waals surface area (Å²) >= 11 is 5.61. The van der Waals surface area contributed by atoms with Crippen LogP contribution in [0.15, 0.2) is 36.4 Å². The average Bonchev–Trinajstić information content (AvgIpc) is 2.67. The van der Waals surface area contributed by atoms with E-state index in [1.165, 1.54) is 26.4 Å². The van der Waals surface area contributed by atoms with Crippen molar-refractivity contribution in [3.63, 3.8) is 0 Å². The van der Waals surface area contributed by atoms with Crippen LogP contribution in [0.2, 0.25) is 5.02 Å². The molecule has 1 unspecified atom stereocenters. The molecule has 2 rings (SSSR count). The van der Waals surface area contributed by atoms with Crippen molar-refractivity contribution in [1.29, 1.82) is 0 Å². The molecule has 0 saturated carbocycles. The number of amides is 2. The van der Waals surface area contributed by atoms with Gasteiger partial charge in [0.2, 0.25) is 0 Å². The van der Waals surface area contributed by atoms with Crippen LogP contribution in [0.3, 0.4) is 0 Å². The third-order valence-corrected chi connectivity index (χ3v) is 3.92. The van der Waals surface area contributed by atoms with Gasteiger partial charge in [0, 0.05) is 12.2 Å². The second kappa shape index (κ2) is 9.20. The highest BCUT2D eigenvalue weighted by molar-refractivity contribution is 6.39. The maximum atomic E-state index is 13.1. The Hall–Kier alpha value is -2.84. The minimum absolute atomic E-state index is 0.169. The highest BCUT2D eigenvalue weighted by Crippen LogP contribution is 2.29. The molecule has 2 aromatic rings. The Balaban J connectivity index is 1.93. The van der Waals surface area contributed by atoms with Gasteiger partial charge in [0.1, 0.15) is 5.82 Å². The Kier molecular flexibility index (Phi) is 6.98. The van der Waals surface area contributed by atoms with Crippen molar-refractivity contribution in [2.24, 2.45) is 0 Å². The van der Waals surface area contributed by atoms with E-state index in [0.717, 1.165) is 6.07 Å². The van der Waals surface area contributed by atoms with Gasteiger partial charge in [-0.25, -0.2) is 4.39 Å². The summed E-state index contributed by atoms with van der Waals surface area (Å²) in [6.07, 6.45) is -1.07. The summed E-state index contributed by atoms with van der Waals surface area (Å²) in [7, 11) is 2.95. The van der Waals surface area contributed by atoms with Gasteiger partial charge in [0.25, 0.3) is 0 Å². The van der Waals surface area contributed by atoms with Crippen molar-refractivity contribution < 1.29 is 28.6 Å². The average molecular weight is 397 g/mol. The number of hydrogen-bond acceptors (Lipinski definition) is 5. The summed E-state index contributed by atoms with van der Waals surface area (Å²) in [6, 6.07) is 8.31. The molecule has 0 bridgehead atoms. The molecule has 0 aliphatic rings. The Bertz CT molecular complexity index is 846. The fraction of sp³-hybridized carbons (Fsp3) is 0.222. The van der Waals surface area contributed by atoms with Crippen molar-refractivity contribution >= 4 is 29.1 Å². The number of hydrogen-bond donors (Lipinski definition) is 3. The van der Waals surface area contributed by atoms with Crippen LogP contribution in [0.25, 0.3) is 0 Å². The monoisotopic (exact) mass is 396 g/mol. The van der Waals surface area contributed by atoms with E-state index in [2.05, 4.69) is 10.6 Å². The Labute approximate surface area is 160 Å². The molecule has 27 heavy (non-hydrogen) atoms. The molecule has 7 nitrogen and oxygen atoms in total. The highest BCUT2D eigenvalue weighted by Gasteiger charge is 2.17. The molecule has 2 aromatic carbocycles. The minimum atomic E-state index is -1.07. The maximum Gasteiger partial charge on any atom is 0.313 e. The lowest BCUT2D eigenvalue weighted by Crippen LogP contribution is -2.37. The van der Waals surface area contributed by atoms with Crippen LogP contribution in [-0.2, 0) is 9.59 Å². The molecule has 0 spiro atoms. The first-order valence-electron chi connectivity index (χ1n) is 7.80. The maximum absolute atomic E-state index is 13.1. The highest BCUT2D eigenvalue weighted by atomic mass is 35.5. The van der Waals surface area contributed by atoms with Crippen molar-refractivity contribution in [2.75, 3.05) is 26.1 Å². The van der Waals surface area contributed by atoms with E-state index in [-0.39, 0.29) is 17.3 Å². The number of aliphatic hydroxyl groups is 1. The summed E-state index contributed by atoms with van der Waals surface area (Å²) in [4.78, 5) is 23.7. The number of halogens is 2. The first-order valence-corrected chi connectivity index (χ1v) is 8.17. The predicted octanol–water partition coefficient (Wildman–Crippen LogP) is 2.28. The topological polar surface area (TPSA) is 96.9 Å². The molecule has 0 fully saturated rings.